The van der Waals surface area contributed by atoms with E-state index < -0.39 is 11.8 Å². The van der Waals surface area contributed by atoms with Crippen molar-refractivity contribution in [3.8, 4) is 11.5 Å². The molecule has 10 heteroatoms. The van der Waals surface area contributed by atoms with Gasteiger partial charge in [-0.15, -0.1) is 0 Å². The Labute approximate surface area is 194 Å². The standard InChI is InChI=1S/C22H19Cl2N3O5/c1-30-20-9-14(4-7-19(20)32-13-15-5-6-16(23)10-18(15)24)11-26-27-22(29)21(28)25-12-17-3-2-8-31-17/h2-11H,12-13H2,1H3,(H,25,28)(H,27,29)/b26-11-. The van der Waals surface area contributed by atoms with Crippen LogP contribution in [-0.4, -0.2) is 25.1 Å². The third-order valence-electron chi connectivity index (χ3n) is 4.18. The van der Waals surface area contributed by atoms with Gasteiger partial charge in [-0.05, 0) is 48.0 Å². The molecule has 0 unspecified atom stereocenters. The van der Waals surface area contributed by atoms with Crippen LogP contribution in [0, 0.1) is 0 Å². The molecule has 0 aliphatic rings. The zero-order valence-corrected chi connectivity index (χ0v) is 18.4. The first kappa shape index (κ1) is 23.2. The van der Waals surface area contributed by atoms with E-state index >= 15 is 0 Å². The van der Waals surface area contributed by atoms with Gasteiger partial charge in [0.05, 0.1) is 26.1 Å². The maximum absolute atomic E-state index is 11.8. The molecule has 3 rings (SSSR count). The number of benzene rings is 2. The lowest BCUT2D eigenvalue weighted by atomic mass is 10.2. The Morgan fingerprint density at radius 3 is 2.66 bits per heavy atom. The molecule has 2 N–H and O–H groups in total. The summed E-state index contributed by atoms with van der Waals surface area (Å²) in [5.74, 6) is -0.249. The van der Waals surface area contributed by atoms with E-state index in [1.54, 1.807) is 48.5 Å². The summed E-state index contributed by atoms with van der Waals surface area (Å²) >= 11 is 12.1. The van der Waals surface area contributed by atoms with Gasteiger partial charge in [-0.1, -0.05) is 29.3 Å². The van der Waals surface area contributed by atoms with Gasteiger partial charge in [0, 0.05) is 15.6 Å². The van der Waals surface area contributed by atoms with E-state index in [9.17, 15) is 9.59 Å². The molecule has 32 heavy (non-hydrogen) atoms. The van der Waals surface area contributed by atoms with Gasteiger partial charge in [0.15, 0.2) is 11.5 Å². The second-order valence-corrected chi connectivity index (χ2v) is 7.24. The number of hydrogen-bond acceptors (Lipinski definition) is 6. The van der Waals surface area contributed by atoms with Crippen molar-refractivity contribution in [2.75, 3.05) is 7.11 Å². The second-order valence-electron chi connectivity index (χ2n) is 6.40. The van der Waals surface area contributed by atoms with E-state index in [0.717, 1.165) is 5.56 Å². The van der Waals surface area contributed by atoms with Crippen molar-refractivity contribution in [1.29, 1.82) is 0 Å². The molecule has 0 atom stereocenters. The summed E-state index contributed by atoms with van der Waals surface area (Å²) in [5, 5.41) is 7.26. The minimum absolute atomic E-state index is 0.100. The lowest BCUT2D eigenvalue weighted by molar-refractivity contribution is -0.139. The largest absolute Gasteiger partial charge is 0.493 e. The molecule has 0 aliphatic carbocycles. The molecule has 0 bridgehead atoms. The Hall–Kier alpha value is -3.49. The summed E-state index contributed by atoms with van der Waals surface area (Å²) in [6.45, 7) is 0.325. The van der Waals surface area contributed by atoms with Crippen LogP contribution in [0.1, 0.15) is 16.9 Å². The molecular formula is C22H19Cl2N3O5. The summed E-state index contributed by atoms with van der Waals surface area (Å²) < 4.78 is 16.2. The molecule has 0 saturated heterocycles. The number of nitrogens with zero attached hydrogens (tertiary/aromatic N) is 1. The Morgan fingerprint density at radius 1 is 1.09 bits per heavy atom. The van der Waals surface area contributed by atoms with Crippen molar-refractivity contribution >= 4 is 41.2 Å². The van der Waals surface area contributed by atoms with E-state index in [1.807, 2.05) is 0 Å². The van der Waals surface area contributed by atoms with Crippen LogP contribution in [-0.2, 0) is 22.7 Å². The number of hydrogen-bond donors (Lipinski definition) is 2. The monoisotopic (exact) mass is 475 g/mol. The van der Waals surface area contributed by atoms with Gasteiger partial charge in [-0.2, -0.15) is 5.10 Å². The molecule has 0 spiro atoms. The van der Waals surface area contributed by atoms with E-state index in [-0.39, 0.29) is 13.2 Å². The van der Waals surface area contributed by atoms with Crippen LogP contribution in [0.3, 0.4) is 0 Å². The minimum atomic E-state index is -0.903. The minimum Gasteiger partial charge on any atom is -0.493 e. The van der Waals surface area contributed by atoms with Crippen LogP contribution in [0.2, 0.25) is 10.0 Å². The Bertz CT molecular complexity index is 1120. The molecule has 0 saturated carbocycles. The molecule has 0 radical (unpaired) electrons. The fourth-order valence-corrected chi connectivity index (χ4v) is 3.02. The van der Waals surface area contributed by atoms with Gasteiger partial charge in [-0.3, -0.25) is 9.59 Å². The van der Waals surface area contributed by atoms with E-state index in [0.29, 0.717) is 32.9 Å². The van der Waals surface area contributed by atoms with E-state index in [2.05, 4.69) is 15.8 Å². The summed E-state index contributed by atoms with van der Waals surface area (Å²) in [6.07, 6.45) is 2.85. The van der Waals surface area contributed by atoms with Gasteiger partial charge in [0.25, 0.3) is 0 Å². The molecule has 2 amide bonds. The third-order valence-corrected chi connectivity index (χ3v) is 4.76. The van der Waals surface area contributed by atoms with Crippen molar-refractivity contribution in [3.63, 3.8) is 0 Å². The number of nitrogens with one attached hydrogen (secondary N) is 2. The molecule has 0 fully saturated rings. The van der Waals surface area contributed by atoms with Crippen molar-refractivity contribution in [2.24, 2.45) is 5.10 Å². The molecular weight excluding hydrogens is 457 g/mol. The maximum Gasteiger partial charge on any atom is 0.329 e. The number of rotatable bonds is 8. The third kappa shape index (κ3) is 6.50. The Morgan fingerprint density at radius 2 is 1.94 bits per heavy atom. The highest BCUT2D eigenvalue weighted by Crippen LogP contribution is 2.29. The summed E-state index contributed by atoms with van der Waals surface area (Å²) in [4.78, 5) is 23.6. The molecule has 8 nitrogen and oxygen atoms in total. The van der Waals surface area contributed by atoms with Crippen molar-refractivity contribution < 1.29 is 23.5 Å². The predicted molar refractivity (Wildman–Crippen MR) is 120 cm³/mol. The fraction of sp³-hybridized carbons (Fsp3) is 0.136. The second kappa shape index (κ2) is 11.2. The van der Waals surface area contributed by atoms with Gasteiger partial charge < -0.3 is 19.2 Å². The molecule has 2 aromatic carbocycles. The smallest absolute Gasteiger partial charge is 0.329 e. The first-order valence-electron chi connectivity index (χ1n) is 9.34. The highest BCUT2D eigenvalue weighted by molar-refractivity contribution is 6.35. The quantitative estimate of drug-likeness (QED) is 0.291. The normalized spacial score (nSPS) is 10.7. The number of methoxy groups -OCH3 is 1. The highest BCUT2D eigenvalue weighted by atomic mass is 35.5. The van der Waals surface area contributed by atoms with Crippen molar-refractivity contribution in [3.05, 3.63) is 81.7 Å². The topological polar surface area (TPSA) is 102 Å². The first-order valence-corrected chi connectivity index (χ1v) is 10.1. The fourth-order valence-electron chi connectivity index (χ4n) is 2.56. The van der Waals surface area contributed by atoms with Crippen LogP contribution < -0.4 is 20.2 Å². The average Bonchev–Trinajstić information content (AvgIpc) is 3.31. The Kier molecular flexibility index (Phi) is 8.13. The van der Waals surface area contributed by atoms with Crippen LogP contribution in [0.25, 0.3) is 0 Å². The van der Waals surface area contributed by atoms with Crippen LogP contribution in [0.5, 0.6) is 11.5 Å². The van der Waals surface area contributed by atoms with Gasteiger partial charge in [-0.25, -0.2) is 5.43 Å². The zero-order chi connectivity index (χ0) is 22.9. The number of hydrazone groups is 1. The van der Waals surface area contributed by atoms with E-state index in [1.165, 1.54) is 19.6 Å². The van der Waals surface area contributed by atoms with E-state index in [4.69, 9.17) is 37.1 Å². The highest BCUT2D eigenvalue weighted by Gasteiger charge is 2.13. The summed E-state index contributed by atoms with van der Waals surface area (Å²) in [5.41, 5.74) is 3.56. The predicted octanol–water partition coefficient (Wildman–Crippen LogP) is 3.94. The van der Waals surface area contributed by atoms with Crippen molar-refractivity contribution in [2.45, 2.75) is 13.2 Å². The Balaban J connectivity index is 1.54. The summed E-state index contributed by atoms with van der Waals surface area (Å²) in [6, 6.07) is 13.6. The summed E-state index contributed by atoms with van der Waals surface area (Å²) in [7, 11) is 1.50. The number of carbonyl (C=O) groups is 2. The SMILES string of the molecule is COc1cc(/C=N\NC(=O)C(=O)NCc2ccco2)ccc1OCc1ccc(Cl)cc1Cl. The maximum atomic E-state index is 11.8. The van der Waals surface area contributed by atoms with Crippen LogP contribution >= 0.6 is 23.2 Å². The van der Waals surface area contributed by atoms with Gasteiger partial charge in [0.2, 0.25) is 0 Å². The lowest BCUT2D eigenvalue weighted by Gasteiger charge is -2.12. The lowest BCUT2D eigenvalue weighted by Crippen LogP contribution is -2.37. The first-order chi connectivity index (χ1) is 15.5. The van der Waals surface area contributed by atoms with Crippen molar-refractivity contribution in [1.82, 2.24) is 10.7 Å². The molecule has 1 heterocycles. The number of furan rings is 1. The van der Waals surface area contributed by atoms with Gasteiger partial charge in [0.1, 0.15) is 12.4 Å². The number of amides is 2. The van der Waals surface area contributed by atoms with Crippen LogP contribution in [0.4, 0.5) is 0 Å². The number of carbonyl (C=O) groups excluding carboxylic acids is 2. The number of ether oxygens (including phenoxy) is 2. The molecule has 0 aliphatic heterocycles. The number of halogens is 2. The molecule has 1 aromatic heterocycles. The molecule has 166 valence electrons. The van der Waals surface area contributed by atoms with Gasteiger partial charge >= 0.3 is 11.8 Å². The molecule has 3 aromatic rings. The average molecular weight is 476 g/mol. The van der Waals surface area contributed by atoms with Crippen LogP contribution in [0.15, 0.2) is 64.3 Å². The zero-order valence-electron chi connectivity index (χ0n) is 16.9.